The highest BCUT2D eigenvalue weighted by atomic mass is 19.1. The fraction of sp³-hybridized carbons (Fsp3) is 0.174. The molecule has 0 heterocycles. The van der Waals surface area contributed by atoms with Crippen LogP contribution in [0.3, 0.4) is 0 Å². The van der Waals surface area contributed by atoms with E-state index in [2.05, 4.69) is 5.32 Å². The van der Waals surface area contributed by atoms with Gasteiger partial charge in [0.1, 0.15) is 5.82 Å². The molecule has 5 nitrogen and oxygen atoms in total. The van der Waals surface area contributed by atoms with Crippen molar-refractivity contribution in [3.05, 3.63) is 105 Å². The van der Waals surface area contributed by atoms with Gasteiger partial charge in [-0.15, -0.1) is 0 Å². The molecular weight excluding hydrogens is 371 g/mol. The molecule has 0 spiro atoms. The molecule has 0 bridgehead atoms. The van der Waals surface area contributed by atoms with Crippen LogP contribution in [0.25, 0.3) is 0 Å². The third-order valence-corrected chi connectivity index (χ3v) is 4.89. The highest BCUT2D eigenvalue weighted by molar-refractivity contribution is 5.96. The Morgan fingerprint density at radius 3 is 2.41 bits per heavy atom. The van der Waals surface area contributed by atoms with Gasteiger partial charge in [0.25, 0.3) is 5.69 Å². The Labute approximate surface area is 168 Å². The maximum absolute atomic E-state index is 13.2. The molecule has 0 fully saturated rings. The van der Waals surface area contributed by atoms with E-state index in [0.717, 1.165) is 16.8 Å². The number of carbonyl (C=O) groups is 1. The normalized spacial score (nSPS) is 11.7. The lowest BCUT2D eigenvalue weighted by molar-refractivity contribution is -0.384. The lowest BCUT2D eigenvalue weighted by Crippen LogP contribution is -2.16. The third kappa shape index (κ3) is 5.04. The first-order chi connectivity index (χ1) is 13.8. The molecule has 0 saturated heterocycles. The van der Waals surface area contributed by atoms with Crippen LogP contribution < -0.4 is 5.32 Å². The number of ketones is 1. The molecule has 29 heavy (non-hydrogen) atoms. The van der Waals surface area contributed by atoms with Crippen molar-refractivity contribution in [1.29, 1.82) is 0 Å². The first kappa shape index (κ1) is 20.2. The molecular formula is C23H21FN2O3. The lowest BCUT2D eigenvalue weighted by Gasteiger charge is -2.21. The highest BCUT2D eigenvalue weighted by Crippen LogP contribution is 2.28. The lowest BCUT2D eigenvalue weighted by atomic mass is 9.97. The van der Waals surface area contributed by atoms with Gasteiger partial charge in [-0.25, -0.2) is 4.39 Å². The minimum atomic E-state index is -0.477. The minimum absolute atomic E-state index is 0.0383. The number of halogens is 1. The average Bonchev–Trinajstić information content (AvgIpc) is 2.70. The first-order valence-electron chi connectivity index (χ1n) is 9.20. The summed E-state index contributed by atoms with van der Waals surface area (Å²) in [6.45, 7) is 4.00. The number of nitrogens with one attached hydrogen (secondary N) is 1. The van der Waals surface area contributed by atoms with Gasteiger partial charge < -0.3 is 5.32 Å². The number of Topliss-reactive ketones (excluding diaryl/α,β-unsaturated/α-hetero) is 1. The fourth-order valence-corrected chi connectivity index (χ4v) is 3.08. The Morgan fingerprint density at radius 1 is 1.03 bits per heavy atom. The second kappa shape index (κ2) is 8.65. The van der Waals surface area contributed by atoms with Crippen LogP contribution in [-0.2, 0) is 0 Å². The molecule has 0 aliphatic carbocycles. The van der Waals surface area contributed by atoms with Crippen molar-refractivity contribution in [1.82, 2.24) is 0 Å². The standard InChI is InChI=1S/C23H21FN2O3/c1-15-6-11-20(12-16(15)2)25-22(18-4-3-5-21(13-18)26(28)29)14-23(27)17-7-9-19(24)10-8-17/h3-13,22,25H,14H2,1-2H3. The SMILES string of the molecule is Cc1ccc(NC(CC(=O)c2ccc(F)cc2)c2cccc([N+](=O)[O-])c2)cc1C. The molecule has 0 radical (unpaired) electrons. The van der Waals surface area contributed by atoms with Crippen LogP contribution in [-0.4, -0.2) is 10.7 Å². The number of non-ortho nitro benzene ring substituents is 1. The van der Waals surface area contributed by atoms with E-state index < -0.39 is 16.8 Å². The summed E-state index contributed by atoms with van der Waals surface area (Å²) in [5.41, 5.74) is 4.04. The Kier molecular flexibility index (Phi) is 6.02. The zero-order valence-electron chi connectivity index (χ0n) is 16.2. The predicted molar refractivity (Wildman–Crippen MR) is 111 cm³/mol. The number of aryl methyl sites for hydroxylation is 2. The van der Waals surface area contributed by atoms with E-state index in [0.29, 0.717) is 11.1 Å². The molecule has 0 aliphatic rings. The van der Waals surface area contributed by atoms with E-state index in [1.807, 2.05) is 32.0 Å². The zero-order chi connectivity index (χ0) is 21.0. The van der Waals surface area contributed by atoms with Crippen LogP contribution in [0.4, 0.5) is 15.8 Å². The smallest absolute Gasteiger partial charge is 0.269 e. The van der Waals surface area contributed by atoms with E-state index in [4.69, 9.17) is 0 Å². The van der Waals surface area contributed by atoms with Crippen LogP contribution in [0, 0.1) is 29.8 Å². The number of hydrogen-bond donors (Lipinski definition) is 1. The van der Waals surface area contributed by atoms with Crippen molar-refractivity contribution in [2.45, 2.75) is 26.3 Å². The number of rotatable bonds is 7. The highest BCUT2D eigenvalue weighted by Gasteiger charge is 2.20. The van der Waals surface area contributed by atoms with Crippen molar-refractivity contribution in [2.24, 2.45) is 0 Å². The number of nitro benzene ring substituents is 1. The maximum Gasteiger partial charge on any atom is 0.269 e. The number of nitro groups is 1. The van der Waals surface area contributed by atoms with E-state index in [-0.39, 0.29) is 17.9 Å². The van der Waals surface area contributed by atoms with Crippen LogP contribution in [0.1, 0.15) is 39.5 Å². The van der Waals surface area contributed by atoms with Crippen LogP contribution in [0.5, 0.6) is 0 Å². The summed E-state index contributed by atoms with van der Waals surface area (Å²) in [6, 6.07) is 17.0. The Balaban J connectivity index is 1.92. The Bertz CT molecular complexity index is 1050. The molecule has 0 aromatic heterocycles. The Hall–Kier alpha value is -3.54. The molecule has 0 aliphatic heterocycles. The van der Waals surface area contributed by atoms with Gasteiger partial charge >= 0.3 is 0 Å². The van der Waals surface area contributed by atoms with Crippen molar-refractivity contribution in [2.75, 3.05) is 5.32 Å². The first-order valence-corrected chi connectivity index (χ1v) is 9.20. The average molecular weight is 392 g/mol. The summed E-state index contributed by atoms with van der Waals surface area (Å²) < 4.78 is 13.2. The molecule has 1 unspecified atom stereocenters. The molecule has 148 valence electrons. The minimum Gasteiger partial charge on any atom is -0.378 e. The van der Waals surface area contributed by atoms with Crippen molar-refractivity contribution < 1.29 is 14.1 Å². The molecule has 0 saturated carbocycles. The monoisotopic (exact) mass is 392 g/mol. The summed E-state index contributed by atoms with van der Waals surface area (Å²) in [4.78, 5) is 23.5. The fourth-order valence-electron chi connectivity index (χ4n) is 3.08. The van der Waals surface area contributed by atoms with Gasteiger partial charge in [-0.05, 0) is 66.9 Å². The van der Waals surface area contributed by atoms with E-state index in [9.17, 15) is 19.3 Å². The summed E-state index contributed by atoms with van der Waals surface area (Å²) in [5, 5.41) is 14.5. The summed E-state index contributed by atoms with van der Waals surface area (Å²) >= 11 is 0. The van der Waals surface area contributed by atoms with Gasteiger partial charge in [-0.3, -0.25) is 14.9 Å². The van der Waals surface area contributed by atoms with Gasteiger partial charge in [0.15, 0.2) is 5.78 Å². The number of anilines is 1. The molecule has 1 N–H and O–H groups in total. The number of carbonyl (C=O) groups excluding carboxylic acids is 1. The van der Waals surface area contributed by atoms with Crippen LogP contribution >= 0.6 is 0 Å². The topological polar surface area (TPSA) is 72.2 Å². The number of benzene rings is 3. The second-order valence-corrected chi connectivity index (χ2v) is 6.98. The zero-order valence-corrected chi connectivity index (χ0v) is 16.2. The van der Waals surface area contributed by atoms with Gasteiger partial charge in [-0.1, -0.05) is 18.2 Å². The summed E-state index contributed by atoms with van der Waals surface area (Å²) in [5.74, 6) is -0.595. The van der Waals surface area contributed by atoms with Gasteiger partial charge in [0, 0.05) is 29.8 Å². The van der Waals surface area contributed by atoms with Crippen LogP contribution in [0.2, 0.25) is 0 Å². The van der Waals surface area contributed by atoms with Gasteiger partial charge in [0.05, 0.1) is 11.0 Å². The predicted octanol–water partition coefficient (Wildman–Crippen LogP) is 5.78. The van der Waals surface area contributed by atoms with Crippen molar-refractivity contribution in [3.63, 3.8) is 0 Å². The molecule has 0 amide bonds. The number of nitrogens with zero attached hydrogens (tertiary/aromatic N) is 1. The summed E-state index contributed by atoms with van der Waals surface area (Å²) in [6.07, 6.45) is 0.0692. The molecule has 3 aromatic carbocycles. The maximum atomic E-state index is 13.2. The van der Waals surface area contributed by atoms with Crippen LogP contribution in [0.15, 0.2) is 66.7 Å². The van der Waals surface area contributed by atoms with E-state index in [1.165, 1.54) is 36.4 Å². The largest absolute Gasteiger partial charge is 0.378 e. The van der Waals surface area contributed by atoms with Gasteiger partial charge in [0.2, 0.25) is 0 Å². The molecule has 3 rings (SSSR count). The van der Waals surface area contributed by atoms with E-state index >= 15 is 0 Å². The molecule has 6 heteroatoms. The molecule has 1 atom stereocenters. The molecule has 3 aromatic rings. The van der Waals surface area contributed by atoms with Crippen molar-refractivity contribution in [3.8, 4) is 0 Å². The second-order valence-electron chi connectivity index (χ2n) is 6.98. The quantitative estimate of drug-likeness (QED) is 0.314. The van der Waals surface area contributed by atoms with Crippen molar-refractivity contribution >= 4 is 17.2 Å². The number of hydrogen-bond acceptors (Lipinski definition) is 4. The van der Waals surface area contributed by atoms with E-state index in [1.54, 1.807) is 12.1 Å². The third-order valence-electron chi connectivity index (χ3n) is 4.89. The summed E-state index contributed by atoms with van der Waals surface area (Å²) in [7, 11) is 0. The van der Waals surface area contributed by atoms with Gasteiger partial charge in [-0.2, -0.15) is 0 Å². The Morgan fingerprint density at radius 2 is 1.76 bits per heavy atom.